The summed E-state index contributed by atoms with van der Waals surface area (Å²) in [6, 6.07) is -2.37. The lowest BCUT2D eigenvalue weighted by molar-refractivity contribution is -0.149. The predicted molar refractivity (Wildman–Crippen MR) is 117 cm³/mol. The van der Waals surface area contributed by atoms with E-state index in [9.17, 15) is 23.2 Å². The lowest BCUT2D eigenvalue weighted by Gasteiger charge is -2.44. The van der Waals surface area contributed by atoms with Crippen LogP contribution < -0.4 is 16.4 Å². The van der Waals surface area contributed by atoms with Crippen LogP contribution in [-0.2, 0) is 19.1 Å². The van der Waals surface area contributed by atoms with Crippen LogP contribution in [0, 0.1) is 5.92 Å². The Hall–Kier alpha value is -1.85. The molecule has 0 aromatic heterocycles. The molecule has 9 nitrogen and oxygen atoms in total. The van der Waals surface area contributed by atoms with E-state index in [0.29, 0.717) is 19.7 Å². The van der Waals surface area contributed by atoms with Crippen molar-refractivity contribution < 1.29 is 27.9 Å². The Kier molecular flexibility index (Phi) is 8.28. The van der Waals surface area contributed by atoms with E-state index in [1.807, 2.05) is 6.92 Å². The first-order chi connectivity index (χ1) is 15.6. The fraction of sp³-hybridized carbons (Fsp3) is 0.864. The monoisotopic (exact) mass is 473 g/mol. The minimum Gasteiger partial charge on any atom is -0.377 e. The van der Waals surface area contributed by atoms with E-state index >= 15 is 0 Å². The van der Waals surface area contributed by atoms with Gasteiger partial charge < -0.3 is 26.0 Å². The van der Waals surface area contributed by atoms with Gasteiger partial charge in [-0.25, -0.2) is 8.78 Å². The number of fused-ring (bicyclic) bond motifs is 1. The maximum Gasteiger partial charge on any atom is 0.248 e. The zero-order valence-electron chi connectivity index (χ0n) is 19.7. The lowest BCUT2D eigenvalue weighted by Crippen LogP contribution is -2.66. The standard InChI is InChI=1S/C22H37F2N5O4/c1-4-33-16-9-15-10-29(17(19(25)30)12-28(15)11-16)21(32)18(27-20(31)13(2)26-3)14-5-7-22(23,24)8-6-14/h13-18,26H,4-12H2,1-3H3,(H2,25,30)(H,27,31). The van der Waals surface area contributed by atoms with Crippen molar-refractivity contribution in [2.45, 2.75) is 82.1 Å². The van der Waals surface area contributed by atoms with Gasteiger partial charge in [-0.1, -0.05) is 0 Å². The summed E-state index contributed by atoms with van der Waals surface area (Å²) < 4.78 is 33.3. The molecule has 0 radical (unpaired) electrons. The van der Waals surface area contributed by atoms with Gasteiger partial charge >= 0.3 is 0 Å². The SMILES string of the molecule is CCOC1CC2CN(C(=O)C(NC(=O)C(C)NC)C3CCC(F)(F)CC3)C(C(N)=O)CN2C1. The highest BCUT2D eigenvalue weighted by molar-refractivity contribution is 5.93. The minimum absolute atomic E-state index is 0.0179. The molecule has 3 amide bonds. The van der Waals surface area contributed by atoms with E-state index in [-0.39, 0.29) is 50.3 Å². The number of likely N-dealkylation sites (N-methyl/N-ethyl adjacent to an activating group) is 1. The number of primary amides is 1. The van der Waals surface area contributed by atoms with Crippen molar-refractivity contribution in [3.8, 4) is 0 Å². The number of carbonyl (C=O) groups is 3. The Labute approximate surface area is 193 Å². The Balaban J connectivity index is 1.81. The lowest BCUT2D eigenvalue weighted by atomic mass is 9.81. The van der Waals surface area contributed by atoms with Gasteiger partial charge in [0.2, 0.25) is 23.6 Å². The Morgan fingerprint density at radius 1 is 1.18 bits per heavy atom. The van der Waals surface area contributed by atoms with Crippen molar-refractivity contribution in [3.05, 3.63) is 0 Å². The highest BCUT2D eigenvalue weighted by Crippen LogP contribution is 2.38. The number of piperazine rings is 1. The molecule has 0 aromatic carbocycles. The summed E-state index contributed by atoms with van der Waals surface area (Å²) >= 11 is 0. The highest BCUT2D eigenvalue weighted by Gasteiger charge is 2.48. The Morgan fingerprint density at radius 3 is 2.42 bits per heavy atom. The summed E-state index contributed by atoms with van der Waals surface area (Å²) in [5, 5.41) is 5.61. The molecule has 2 aliphatic heterocycles. The van der Waals surface area contributed by atoms with Gasteiger partial charge in [-0.2, -0.15) is 0 Å². The van der Waals surface area contributed by atoms with Crippen LogP contribution in [0.1, 0.15) is 46.0 Å². The molecule has 1 aliphatic carbocycles. The van der Waals surface area contributed by atoms with Crippen LogP contribution in [0.3, 0.4) is 0 Å². The maximum atomic E-state index is 13.8. The van der Waals surface area contributed by atoms with Crippen LogP contribution in [-0.4, -0.2) is 97.0 Å². The molecule has 4 N–H and O–H groups in total. The maximum absolute atomic E-state index is 13.8. The van der Waals surface area contributed by atoms with E-state index in [2.05, 4.69) is 15.5 Å². The summed E-state index contributed by atoms with van der Waals surface area (Å²) in [4.78, 5) is 42.3. The fourth-order valence-corrected chi connectivity index (χ4v) is 5.23. The first kappa shape index (κ1) is 25.8. The smallest absolute Gasteiger partial charge is 0.248 e. The number of alkyl halides is 2. The summed E-state index contributed by atoms with van der Waals surface area (Å²) in [6.45, 7) is 5.41. The number of amides is 3. The summed E-state index contributed by atoms with van der Waals surface area (Å²) in [7, 11) is 1.62. The molecule has 3 fully saturated rings. The molecule has 188 valence electrons. The van der Waals surface area contributed by atoms with E-state index in [4.69, 9.17) is 10.5 Å². The van der Waals surface area contributed by atoms with Crippen molar-refractivity contribution in [3.63, 3.8) is 0 Å². The summed E-state index contributed by atoms with van der Waals surface area (Å²) in [5.41, 5.74) is 5.67. The van der Waals surface area contributed by atoms with Gasteiger partial charge in [-0.15, -0.1) is 0 Å². The second kappa shape index (κ2) is 10.6. The fourth-order valence-electron chi connectivity index (χ4n) is 5.23. The topological polar surface area (TPSA) is 117 Å². The Bertz CT molecular complexity index is 730. The average Bonchev–Trinajstić information content (AvgIpc) is 3.17. The van der Waals surface area contributed by atoms with Crippen LogP contribution >= 0.6 is 0 Å². The summed E-state index contributed by atoms with van der Waals surface area (Å²) in [6.07, 6.45) is 0.335. The van der Waals surface area contributed by atoms with Gasteiger partial charge in [0.25, 0.3) is 0 Å². The number of ether oxygens (including phenoxy) is 1. The molecular formula is C22H37F2N5O4. The van der Waals surface area contributed by atoms with Crippen molar-refractivity contribution in [1.29, 1.82) is 0 Å². The van der Waals surface area contributed by atoms with E-state index in [1.54, 1.807) is 14.0 Å². The summed E-state index contributed by atoms with van der Waals surface area (Å²) in [5.74, 6) is -4.63. The van der Waals surface area contributed by atoms with Crippen LogP contribution in [0.2, 0.25) is 0 Å². The first-order valence-corrected chi connectivity index (χ1v) is 11.9. The van der Waals surface area contributed by atoms with Gasteiger partial charge in [0.1, 0.15) is 12.1 Å². The molecule has 1 saturated carbocycles. The van der Waals surface area contributed by atoms with Gasteiger partial charge in [0.05, 0.1) is 12.1 Å². The molecule has 3 aliphatic rings. The molecule has 0 spiro atoms. The third-order valence-corrected chi connectivity index (χ3v) is 7.32. The van der Waals surface area contributed by atoms with Crippen molar-refractivity contribution >= 4 is 17.7 Å². The molecule has 5 unspecified atom stereocenters. The van der Waals surface area contributed by atoms with E-state index in [1.165, 1.54) is 4.90 Å². The molecule has 2 heterocycles. The molecular weight excluding hydrogens is 436 g/mol. The van der Waals surface area contributed by atoms with E-state index in [0.717, 1.165) is 6.42 Å². The average molecular weight is 474 g/mol. The quantitative estimate of drug-likeness (QED) is 0.460. The van der Waals surface area contributed by atoms with E-state index < -0.39 is 41.8 Å². The second-order valence-corrected chi connectivity index (χ2v) is 9.52. The third kappa shape index (κ3) is 5.99. The zero-order chi connectivity index (χ0) is 24.3. The van der Waals surface area contributed by atoms with Crippen LogP contribution in [0.4, 0.5) is 8.78 Å². The number of carbonyl (C=O) groups excluding carboxylic acids is 3. The van der Waals surface area contributed by atoms with Crippen LogP contribution in [0.5, 0.6) is 0 Å². The van der Waals surface area contributed by atoms with Crippen LogP contribution in [0.15, 0.2) is 0 Å². The number of nitrogens with zero attached hydrogens (tertiary/aromatic N) is 2. The minimum atomic E-state index is -2.76. The van der Waals surface area contributed by atoms with Crippen molar-refractivity contribution in [1.82, 2.24) is 20.4 Å². The van der Waals surface area contributed by atoms with Gasteiger partial charge in [-0.3, -0.25) is 19.3 Å². The molecule has 0 bridgehead atoms. The normalized spacial score (nSPS) is 29.8. The second-order valence-electron chi connectivity index (χ2n) is 9.52. The zero-order valence-corrected chi connectivity index (χ0v) is 19.7. The van der Waals surface area contributed by atoms with Gasteiger partial charge in [-0.05, 0) is 46.1 Å². The molecule has 2 saturated heterocycles. The number of nitrogens with one attached hydrogen (secondary N) is 2. The van der Waals surface area contributed by atoms with Crippen molar-refractivity contribution in [2.24, 2.45) is 11.7 Å². The van der Waals surface area contributed by atoms with Crippen molar-refractivity contribution in [2.75, 3.05) is 33.3 Å². The largest absolute Gasteiger partial charge is 0.377 e. The molecule has 33 heavy (non-hydrogen) atoms. The number of rotatable bonds is 8. The third-order valence-electron chi connectivity index (χ3n) is 7.32. The highest BCUT2D eigenvalue weighted by atomic mass is 19.3. The molecule has 11 heteroatoms. The first-order valence-electron chi connectivity index (χ1n) is 11.9. The predicted octanol–water partition coefficient (Wildman–Crippen LogP) is 0.0801. The number of nitrogens with two attached hydrogens (primary N) is 1. The van der Waals surface area contributed by atoms with Gasteiger partial charge in [0.15, 0.2) is 0 Å². The molecule has 0 aromatic rings. The van der Waals surface area contributed by atoms with Gasteiger partial charge in [0, 0.05) is 45.1 Å². The number of hydrogen-bond donors (Lipinski definition) is 3. The Morgan fingerprint density at radius 2 is 1.85 bits per heavy atom. The number of halogens is 2. The molecule has 5 atom stereocenters. The van der Waals surface area contributed by atoms with Crippen LogP contribution in [0.25, 0.3) is 0 Å². The molecule has 3 rings (SSSR count). The number of hydrogen-bond acceptors (Lipinski definition) is 6.